The predicted octanol–water partition coefficient (Wildman–Crippen LogP) is 3.77. The van der Waals surface area contributed by atoms with Crippen molar-refractivity contribution in [2.45, 2.75) is 13.3 Å². The number of hydrogen-bond donors (Lipinski definition) is 1. The topological polar surface area (TPSA) is 68.0 Å². The smallest absolute Gasteiger partial charge is 0.307 e. The summed E-state index contributed by atoms with van der Waals surface area (Å²) in [5.74, 6) is -0.544. The number of hydrogen-bond acceptors (Lipinski definition) is 3. The number of ether oxygens (including phenoxy) is 1. The molecule has 0 aliphatic rings. The van der Waals surface area contributed by atoms with Gasteiger partial charge in [0, 0.05) is 22.8 Å². The minimum Gasteiger partial charge on any atom is -0.497 e. The maximum absolute atomic E-state index is 13.0. The van der Waals surface area contributed by atoms with Gasteiger partial charge in [-0.05, 0) is 48.4 Å². The highest BCUT2D eigenvalue weighted by Crippen LogP contribution is 2.29. The van der Waals surface area contributed by atoms with Crippen LogP contribution in [0.3, 0.4) is 0 Å². The van der Waals surface area contributed by atoms with Crippen LogP contribution in [0.5, 0.6) is 5.75 Å². The number of methoxy groups -OCH3 is 1. The molecule has 0 amide bonds. The Bertz CT molecular complexity index is 973. The Balaban J connectivity index is 2.23. The maximum atomic E-state index is 13.0. The molecule has 0 aliphatic heterocycles. The fourth-order valence-electron chi connectivity index (χ4n) is 2.94. The Hall–Kier alpha value is -2.79. The first-order valence-corrected chi connectivity index (χ1v) is 7.99. The molecule has 0 aliphatic carbocycles. The molecule has 0 radical (unpaired) electrons. The van der Waals surface area contributed by atoms with E-state index < -0.39 is 5.97 Å². The van der Waals surface area contributed by atoms with Crippen LogP contribution in [0.15, 0.2) is 42.6 Å². The zero-order valence-corrected chi connectivity index (χ0v) is 14.5. The van der Waals surface area contributed by atoms with Crippen LogP contribution in [0.2, 0.25) is 5.02 Å². The lowest BCUT2D eigenvalue weighted by Gasteiger charge is -2.06. The first-order valence-electron chi connectivity index (χ1n) is 7.62. The summed E-state index contributed by atoms with van der Waals surface area (Å²) in [6, 6.07) is 10.1. The number of rotatable bonds is 5. The average molecular weight is 358 g/mol. The van der Waals surface area contributed by atoms with Gasteiger partial charge >= 0.3 is 5.97 Å². The standard InChI is InChI=1S/C19H16ClNO4/c1-11-15(10-17(22)23)16-9-14(25-2)7-8-21(16)18(11)19(24)12-3-5-13(20)6-4-12/h3-9H,10H2,1-2H3,(H,22,23). The van der Waals surface area contributed by atoms with Crippen LogP contribution in [0.1, 0.15) is 27.2 Å². The van der Waals surface area contributed by atoms with E-state index in [0.29, 0.717) is 38.7 Å². The van der Waals surface area contributed by atoms with E-state index in [4.69, 9.17) is 16.3 Å². The van der Waals surface area contributed by atoms with E-state index >= 15 is 0 Å². The first-order chi connectivity index (χ1) is 11.9. The Labute approximate surface area is 149 Å². The Morgan fingerprint density at radius 3 is 2.48 bits per heavy atom. The van der Waals surface area contributed by atoms with E-state index in [-0.39, 0.29) is 12.2 Å². The fraction of sp³-hybridized carbons (Fsp3) is 0.158. The third-order valence-electron chi connectivity index (χ3n) is 4.17. The second kappa shape index (κ2) is 6.61. The summed E-state index contributed by atoms with van der Waals surface area (Å²) in [4.78, 5) is 24.3. The van der Waals surface area contributed by atoms with Crippen LogP contribution in [0.25, 0.3) is 5.52 Å². The molecule has 0 saturated carbocycles. The van der Waals surface area contributed by atoms with Crippen LogP contribution in [-0.2, 0) is 11.2 Å². The molecule has 2 aromatic heterocycles. The molecule has 0 saturated heterocycles. The molecule has 1 aromatic carbocycles. The van der Waals surface area contributed by atoms with E-state index in [9.17, 15) is 14.7 Å². The predicted molar refractivity (Wildman–Crippen MR) is 94.9 cm³/mol. The van der Waals surface area contributed by atoms with Crippen molar-refractivity contribution >= 4 is 28.9 Å². The summed E-state index contributed by atoms with van der Waals surface area (Å²) in [6.07, 6.45) is 1.55. The summed E-state index contributed by atoms with van der Waals surface area (Å²) >= 11 is 5.89. The van der Waals surface area contributed by atoms with Crippen molar-refractivity contribution in [2.24, 2.45) is 0 Å². The molecule has 0 unspecified atom stereocenters. The highest BCUT2D eigenvalue weighted by molar-refractivity contribution is 6.30. The number of halogens is 1. The second-order valence-electron chi connectivity index (χ2n) is 5.68. The molecule has 3 rings (SSSR count). The van der Waals surface area contributed by atoms with Gasteiger partial charge in [0.25, 0.3) is 0 Å². The fourth-order valence-corrected chi connectivity index (χ4v) is 3.07. The Morgan fingerprint density at radius 2 is 1.88 bits per heavy atom. The zero-order chi connectivity index (χ0) is 18.1. The number of aliphatic carboxylic acids is 1. The summed E-state index contributed by atoms with van der Waals surface area (Å²) in [7, 11) is 1.54. The number of carboxylic acids is 1. The summed E-state index contributed by atoms with van der Waals surface area (Å²) < 4.78 is 6.94. The SMILES string of the molecule is COc1ccn2c(C(=O)c3ccc(Cl)cc3)c(C)c(CC(=O)O)c2c1. The van der Waals surface area contributed by atoms with Gasteiger partial charge in [-0.3, -0.25) is 9.59 Å². The van der Waals surface area contributed by atoms with Crippen LogP contribution < -0.4 is 4.74 Å². The highest BCUT2D eigenvalue weighted by atomic mass is 35.5. The van der Waals surface area contributed by atoms with E-state index in [1.54, 1.807) is 53.9 Å². The third kappa shape index (κ3) is 3.10. The number of pyridine rings is 1. The van der Waals surface area contributed by atoms with Gasteiger partial charge in [0.15, 0.2) is 0 Å². The number of aromatic nitrogens is 1. The number of carbonyl (C=O) groups excluding carboxylic acids is 1. The molecule has 25 heavy (non-hydrogen) atoms. The number of ketones is 1. The number of nitrogens with zero attached hydrogens (tertiary/aromatic N) is 1. The number of benzene rings is 1. The minimum absolute atomic E-state index is 0.170. The molecule has 0 spiro atoms. The minimum atomic E-state index is -0.955. The number of fused-ring (bicyclic) bond motifs is 1. The maximum Gasteiger partial charge on any atom is 0.307 e. The summed E-state index contributed by atoms with van der Waals surface area (Å²) in [6.45, 7) is 1.76. The van der Waals surface area contributed by atoms with Gasteiger partial charge in [-0.15, -0.1) is 0 Å². The lowest BCUT2D eigenvalue weighted by molar-refractivity contribution is -0.136. The molecule has 5 nitrogen and oxygen atoms in total. The molecule has 2 heterocycles. The molecule has 0 fully saturated rings. The monoisotopic (exact) mass is 357 g/mol. The molecular formula is C19H16ClNO4. The first kappa shape index (κ1) is 17.0. The summed E-state index contributed by atoms with van der Waals surface area (Å²) in [5.41, 5.74) is 2.83. The normalized spacial score (nSPS) is 10.8. The average Bonchev–Trinajstić information content (AvgIpc) is 2.86. The van der Waals surface area contributed by atoms with Crippen LogP contribution >= 0.6 is 11.6 Å². The molecular weight excluding hydrogens is 342 g/mol. The van der Waals surface area contributed by atoms with E-state index in [1.165, 1.54) is 7.11 Å². The molecule has 1 N–H and O–H groups in total. The lowest BCUT2D eigenvalue weighted by Crippen LogP contribution is -2.07. The number of carbonyl (C=O) groups is 2. The summed E-state index contributed by atoms with van der Waals surface area (Å²) in [5, 5.41) is 9.78. The van der Waals surface area contributed by atoms with Gasteiger partial charge in [-0.2, -0.15) is 0 Å². The van der Waals surface area contributed by atoms with Crippen molar-refractivity contribution < 1.29 is 19.4 Å². The molecule has 0 atom stereocenters. The van der Waals surface area contributed by atoms with Gasteiger partial charge in [-0.1, -0.05) is 11.6 Å². The van der Waals surface area contributed by atoms with Gasteiger partial charge < -0.3 is 14.2 Å². The molecule has 0 bridgehead atoms. The van der Waals surface area contributed by atoms with Crippen molar-refractivity contribution in [2.75, 3.05) is 7.11 Å². The van der Waals surface area contributed by atoms with E-state index in [0.717, 1.165) is 0 Å². The quantitative estimate of drug-likeness (QED) is 0.706. The van der Waals surface area contributed by atoms with Crippen LogP contribution in [0, 0.1) is 6.92 Å². The lowest BCUT2D eigenvalue weighted by atomic mass is 10.0. The number of carboxylic acid groups (broad SMARTS) is 1. The molecule has 6 heteroatoms. The highest BCUT2D eigenvalue weighted by Gasteiger charge is 2.23. The van der Waals surface area contributed by atoms with Crippen molar-refractivity contribution in [1.82, 2.24) is 4.40 Å². The van der Waals surface area contributed by atoms with Crippen molar-refractivity contribution in [3.8, 4) is 5.75 Å². The largest absolute Gasteiger partial charge is 0.497 e. The van der Waals surface area contributed by atoms with Crippen molar-refractivity contribution in [1.29, 1.82) is 0 Å². The van der Waals surface area contributed by atoms with Crippen LogP contribution in [-0.4, -0.2) is 28.4 Å². The zero-order valence-electron chi connectivity index (χ0n) is 13.7. The van der Waals surface area contributed by atoms with E-state index in [2.05, 4.69) is 0 Å². The van der Waals surface area contributed by atoms with Crippen molar-refractivity contribution in [3.63, 3.8) is 0 Å². The van der Waals surface area contributed by atoms with E-state index in [1.807, 2.05) is 0 Å². The van der Waals surface area contributed by atoms with Gasteiger partial charge in [0.2, 0.25) is 5.78 Å². The van der Waals surface area contributed by atoms with Gasteiger partial charge in [0.1, 0.15) is 5.75 Å². The third-order valence-corrected chi connectivity index (χ3v) is 4.42. The van der Waals surface area contributed by atoms with Gasteiger partial charge in [-0.25, -0.2) is 0 Å². The van der Waals surface area contributed by atoms with Gasteiger partial charge in [0.05, 0.1) is 24.7 Å². The molecule has 128 valence electrons. The van der Waals surface area contributed by atoms with Crippen LogP contribution in [0.4, 0.5) is 0 Å². The molecule has 3 aromatic rings. The van der Waals surface area contributed by atoms with Crippen molar-refractivity contribution in [3.05, 3.63) is 70.0 Å². The Kier molecular flexibility index (Phi) is 4.51. The Morgan fingerprint density at radius 1 is 1.20 bits per heavy atom. The second-order valence-corrected chi connectivity index (χ2v) is 6.12.